The molecule has 0 bridgehead atoms. The summed E-state index contributed by atoms with van der Waals surface area (Å²) >= 11 is 1.74. The normalized spacial score (nSPS) is 23.6. The molecule has 1 amide bonds. The highest BCUT2D eigenvalue weighted by molar-refractivity contribution is 7.09. The third-order valence-corrected chi connectivity index (χ3v) is 6.11. The first-order valence-electron chi connectivity index (χ1n) is 9.37. The Balaban J connectivity index is 1.42. The van der Waals surface area contributed by atoms with Gasteiger partial charge in [-0.1, -0.05) is 0 Å². The van der Waals surface area contributed by atoms with Crippen LogP contribution in [0.15, 0.2) is 11.6 Å². The molecule has 3 rings (SSSR count). The first-order valence-corrected chi connectivity index (χ1v) is 10.3. The van der Waals surface area contributed by atoms with Crippen LogP contribution in [0, 0.1) is 5.92 Å². The molecule has 25 heavy (non-hydrogen) atoms. The van der Waals surface area contributed by atoms with Gasteiger partial charge in [0.25, 0.3) is 0 Å². The molecule has 2 aliphatic heterocycles. The van der Waals surface area contributed by atoms with E-state index in [0.29, 0.717) is 19.2 Å². The van der Waals surface area contributed by atoms with Crippen LogP contribution in [0.4, 0.5) is 0 Å². The van der Waals surface area contributed by atoms with Gasteiger partial charge < -0.3 is 10.1 Å². The molecule has 3 heterocycles. The lowest BCUT2D eigenvalue weighted by molar-refractivity contribution is -0.127. The van der Waals surface area contributed by atoms with Crippen molar-refractivity contribution in [2.24, 2.45) is 5.92 Å². The molecule has 1 atom stereocenters. The Morgan fingerprint density at radius 3 is 2.92 bits per heavy atom. The van der Waals surface area contributed by atoms with Crippen molar-refractivity contribution in [1.82, 2.24) is 20.1 Å². The van der Waals surface area contributed by atoms with E-state index in [1.165, 1.54) is 17.8 Å². The fourth-order valence-electron chi connectivity index (χ4n) is 3.94. The maximum Gasteiger partial charge on any atom is 0.224 e. The molecule has 0 aliphatic carbocycles. The number of thiazole rings is 1. The molecule has 0 radical (unpaired) electrons. The van der Waals surface area contributed by atoms with Crippen molar-refractivity contribution >= 4 is 17.2 Å². The van der Waals surface area contributed by atoms with E-state index in [1.54, 1.807) is 18.4 Å². The summed E-state index contributed by atoms with van der Waals surface area (Å²) in [5, 5.41) is 6.27. The number of rotatable bonds is 7. The Hall–Kier alpha value is -1.02. The van der Waals surface area contributed by atoms with Gasteiger partial charge in [-0.15, -0.1) is 11.3 Å². The molecule has 0 saturated carbocycles. The molecule has 1 unspecified atom stereocenters. The van der Waals surface area contributed by atoms with Gasteiger partial charge in [-0.05, 0) is 32.2 Å². The minimum atomic E-state index is 0.138. The van der Waals surface area contributed by atoms with E-state index in [4.69, 9.17) is 4.74 Å². The molecule has 1 aromatic heterocycles. The molecule has 140 valence electrons. The summed E-state index contributed by atoms with van der Waals surface area (Å²) in [5.74, 6) is 0.335. The van der Waals surface area contributed by atoms with Gasteiger partial charge in [-0.25, -0.2) is 4.98 Å². The van der Waals surface area contributed by atoms with Crippen molar-refractivity contribution in [3.63, 3.8) is 0 Å². The average Bonchev–Trinajstić information content (AvgIpc) is 3.16. The molecule has 2 saturated heterocycles. The third-order valence-electron chi connectivity index (χ3n) is 5.34. The van der Waals surface area contributed by atoms with E-state index >= 15 is 0 Å². The molecule has 0 aromatic carbocycles. The second-order valence-electron chi connectivity index (χ2n) is 7.05. The first-order chi connectivity index (χ1) is 12.3. The zero-order valence-electron chi connectivity index (χ0n) is 15.2. The smallest absolute Gasteiger partial charge is 0.224 e. The number of aromatic nitrogens is 1. The highest BCUT2D eigenvalue weighted by Crippen LogP contribution is 2.24. The predicted octanol–water partition coefficient (Wildman–Crippen LogP) is 1.58. The zero-order chi connectivity index (χ0) is 17.5. The van der Waals surface area contributed by atoms with Crippen LogP contribution in [0.1, 0.15) is 30.7 Å². The van der Waals surface area contributed by atoms with Gasteiger partial charge in [0.05, 0.1) is 19.1 Å². The standard InChI is InChI=1S/C18H30N4O2S/c1-24-11-6-20-18(23)15-3-2-8-22(13-15)16-4-9-21(10-5-16)14-17-19-7-12-25-17/h7,12,15-16H,2-6,8-11,13-14H2,1H3,(H,20,23). The third kappa shape index (κ3) is 5.48. The number of methoxy groups -OCH3 is 1. The van der Waals surface area contributed by atoms with E-state index in [1.807, 2.05) is 11.6 Å². The molecular weight excluding hydrogens is 336 g/mol. The SMILES string of the molecule is COCCNC(=O)C1CCCN(C2CCN(Cc3nccs3)CC2)C1. The van der Waals surface area contributed by atoms with Crippen LogP contribution in [0.5, 0.6) is 0 Å². The van der Waals surface area contributed by atoms with Crippen molar-refractivity contribution in [3.8, 4) is 0 Å². The van der Waals surface area contributed by atoms with Gasteiger partial charge in [0.1, 0.15) is 5.01 Å². The molecule has 6 nitrogen and oxygen atoms in total. The molecule has 0 spiro atoms. The number of nitrogens with zero attached hydrogens (tertiary/aromatic N) is 3. The van der Waals surface area contributed by atoms with Crippen LogP contribution >= 0.6 is 11.3 Å². The van der Waals surface area contributed by atoms with E-state index in [9.17, 15) is 4.79 Å². The van der Waals surface area contributed by atoms with E-state index in [2.05, 4.69) is 20.1 Å². The number of carbonyl (C=O) groups is 1. The summed E-state index contributed by atoms with van der Waals surface area (Å²) in [6, 6.07) is 0.627. The van der Waals surface area contributed by atoms with Crippen LogP contribution in [0.3, 0.4) is 0 Å². The van der Waals surface area contributed by atoms with Crippen LogP contribution in [0.25, 0.3) is 0 Å². The van der Waals surface area contributed by atoms with E-state index in [-0.39, 0.29) is 11.8 Å². The fraction of sp³-hybridized carbons (Fsp3) is 0.778. The van der Waals surface area contributed by atoms with Crippen LogP contribution < -0.4 is 5.32 Å². The number of nitrogens with one attached hydrogen (secondary N) is 1. The predicted molar refractivity (Wildman–Crippen MR) is 99.6 cm³/mol. The van der Waals surface area contributed by atoms with Crippen molar-refractivity contribution in [2.45, 2.75) is 38.3 Å². The lowest BCUT2D eigenvalue weighted by Crippen LogP contribution is -2.50. The average molecular weight is 367 g/mol. The topological polar surface area (TPSA) is 57.7 Å². The van der Waals surface area contributed by atoms with Crippen molar-refractivity contribution < 1.29 is 9.53 Å². The van der Waals surface area contributed by atoms with Crippen LogP contribution in [0.2, 0.25) is 0 Å². The number of hydrogen-bond donors (Lipinski definition) is 1. The number of likely N-dealkylation sites (tertiary alicyclic amines) is 2. The van der Waals surface area contributed by atoms with E-state index < -0.39 is 0 Å². The Bertz CT molecular complexity index is 517. The number of carbonyl (C=O) groups excluding carboxylic acids is 1. The minimum Gasteiger partial charge on any atom is -0.383 e. The maximum atomic E-state index is 12.3. The molecule has 1 aromatic rings. The van der Waals surface area contributed by atoms with Crippen molar-refractivity contribution in [3.05, 3.63) is 16.6 Å². The molecule has 7 heteroatoms. The molecule has 1 N–H and O–H groups in total. The molecule has 2 fully saturated rings. The van der Waals surface area contributed by atoms with Gasteiger partial charge in [0.2, 0.25) is 5.91 Å². The Morgan fingerprint density at radius 1 is 1.36 bits per heavy atom. The van der Waals surface area contributed by atoms with Crippen molar-refractivity contribution in [2.75, 3.05) is 46.4 Å². The fourth-order valence-corrected chi connectivity index (χ4v) is 4.60. The van der Waals surface area contributed by atoms with Crippen molar-refractivity contribution in [1.29, 1.82) is 0 Å². The summed E-state index contributed by atoms with van der Waals surface area (Å²) in [7, 11) is 1.66. The van der Waals surface area contributed by atoms with Gasteiger partial charge in [-0.2, -0.15) is 0 Å². The van der Waals surface area contributed by atoms with Gasteiger partial charge in [0, 0.05) is 50.9 Å². The number of amides is 1. The van der Waals surface area contributed by atoms with Crippen LogP contribution in [-0.2, 0) is 16.1 Å². The van der Waals surface area contributed by atoms with E-state index in [0.717, 1.165) is 45.6 Å². The quantitative estimate of drug-likeness (QED) is 0.743. The largest absolute Gasteiger partial charge is 0.383 e. The number of ether oxygens (including phenoxy) is 1. The number of piperidine rings is 2. The summed E-state index contributed by atoms with van der Waals surface area (Å²) in [4.78, 5) is 21.8. The summed E-state index contributed by atoms with van der Waals surface area (Å²) in [6.45, 7) is 6.49. The van der Waals surface area contributed by atoms with Crippen LogP contribution in [-0.4, -0.2) is 73.2 Å². The summed E-state index contributed by atoms with van der Waals surface area (Å²) in [6.07, 6.45) is 6.42. The second kappa shape index (κ2) is 9.62. The maximum absolute atomic E-state index is 12.3. The van der Waals surface area contributed by atoms with Gasteiger partial charge in [-0.3, -0.25) is 14.6 Å². The van der Waals surface area contributed by atoms with Gasteiger partial charge in [0.15, 0.2) is 0 Å². The van der Waals surface area contributed by atoms with Gasteiger partial charge >= 0.3 is 0 Å². The summed E-state index contributed by atoms with van der Waals surface area (Å²) in [5.41, 5.74) is 0. The highest BCUT2D eigenvalue weighted by Gasteiger charge is 2.31. The Morgan fingerprint density at radius 2 is 2.20 bits per heavy atom. The zero-order valence-corrected chi connectivity index (χ0v) is 16.0. The first kappa shape index (κ1) is 18.8. The second-order valence-corrected chi connectivity index (χ2v) is 8.03. The molecular formula is C18H30N4O2S. The lowest BCUT2D eigenvalue weighted by atomic mass is 9.93. The minimum absolute atomic E-state index is 0.138. The Labute approximate surface area is 154 Å². The number of hydrogen-bond acceptors (Lipinski definition) is 6. The monoisotopic (exact) mass is 366 g/mol. The Kier molecular flexibility index (Phi) is 7.22. The highest BCUT2D eigenvalue weighted by atomic mass is 32.1. The lowest BCUT2D eigenvalue weighted by Gasteiger charge is -2.41. The summed E-state index contributed by atoms with van der Waals surface area (Å²) < 4.78 is 5.01. The molecule has 2 aliphatic rings.